The van der Waals surface area contributed by atoms with Gasteiger partial charge in [-0.15, -0.1) is 12.4 Å². The second-order valence-electron chi connectivity index (χ2n) is 2.62. The number of nitrogens with two attached hydrogens (primary N) is 1. The smallest absolute Gasteiger partial charge is 0.254 e. The van der Waals surface area contributed by atoms with Crippen LogP contribution >= 0.6 is 12.4 Å². The summed E-state index contributed by atoms with van der Waals surface area (Å²) in [7, 11) is 0. The summed E-state index contributed by atoms with van der Waals surface area (Å²) >= 11 is 0. The molecule has 1 amide bonds. The summed E-state index contributed by atoms with van der Waals surface area (Å²) in [6, 6.07) is 1.60. The molecule has 74 valence electrons. The molecule has 0 spiro atoms. The number of nitrogens with one attached hydrogen (secondary N) is 1. The molecule has 1 aromatic heterocycles. The lowest BCUT2D eigenvalue weighted by Crippen LogP contribution is -2.37. The Morgan fingerprint density at radius 2 is 2.46 bits per heavy atom. The van der Waals surface area contributed by atoms with Crippen LogP contribution in [0.25, 0.3) is 0 Å². The van der Waals surface area contributed by atoms with Gasteiger partial charge >= 0.3 is 0 Å². The number of hydrogen-bond acceptors (Lipinski definition) is 3. The number of carbonyl (C=O) groups excluding carboxylic acids is 1. The first-order chi connectivity index (χ1) is 5.74. The monoisotopic (exact) mass is 204 g/mol. The highest BCUT2D eigenvalue weighted by Crippen LogP contribution is 1.99. The van der Waals surface area contributed by atoms with Crippen LogP contribution in [0.1, 0.15) is 17.3 Å². The fourth-order valence-electron chi connectivity index (χ4n) is 0.760. The van der Waals surface area contributed by atoms with Crippen LogP contribution in [-0.4, -0.2) is 18.5 Å². The molecule has 0 saturated carbocycles. The van der Waals surface area contributed by atoms with Crippen molar-refractivity contribution in [3.05, 3.63) is 24.2 Å². The van der Waals surface area contributed by atoms with Crippen LogP contribution < -0.4 is 11.1 Å². The maximum absolute atomic E-state index is 11.2. The van der Waals surface area contributed by atoms with Gasteiger partial charge in [0.05, 0.1) is 11.8 Å². The van der Waals surface area contributed by atoms with Gasteiger partial charge in [0.15, 0.2) is 0 Å². The van der Waals surface area contributed by atoms with E-state index in [1.807, 2.05) is 6.92 Å². The molecule has 0 aromatic carbocycles. The molecular formula is C8H13ClN2O2. The highest BCUT2D eigenvalue weighted by molar-refractivity contribution is 5.93. The van der Waals surface area contributed by atoms with Crippen LogP contribution in [0.5, 0.6) is 0 Å². The van der Waals surface area contributed by atoms with Gasteiger partial charge < -0.3 is 15.5 Å². The molecule has 0 bridgehead atoms. The average Bonchev–Trinajstić information content (AvgIpc) is 2.56. The molecule has 13 heavy (non-hydrogen) atoms. The maximum atomic E-state index is 11.2. The number of halogens is 1. The predicted octanol–water partition coefficient (Wildman–Crippen LogP) is 0.778. The maximum Gasteiger partial charge on any atom is 0.254 e. The Labute approximate surface area is 82.9 Å². The fourth-order valence-corrected chi connectivity index (χ4v) is 0.760. The molecule has 0 aliphatic rings. The molecule has 0 fully saturated rings. The molecule has 3 N–H and O–H groups in total. The van der Waals surface area contributed by atoms with E-state index in [0.717, 1.165) is 0 Å². The van der Waals surface area contributed by atoms with Gasteiger partial charge in [0, 0.05) is 12.6 Å². The predicted molar refractivity (Wildman–Crippen MR) is 51.9 cm³/mol. The Morgan fingerprint density at radius 3 is 2.92 bits per heavy atom. The highest BCUT2D eigenvalue weighted by atomic mass is 35.5. The molecule has 1 heterocycles. The van der Waals surface area contributed by atoms with Crippen LogP contribution in [0.4, 0.5) is 0 Å². The van der Waals surface area contributed by atoms with Crippen molar-refractivity contribution in [2.75, 3.05) is 6.54 Å². The summed E-state index contributed by atoms with van der Waals surface area (Å²) in [5.41, 5.74) is 5.86. The summed E-state index contributed by atoms with van der Waals surface area (Å²) in [5.74, 6) is -0.151. The molecule has 0 radical (unpaired) electrons. The van der Waals surface area contributed by atoms with Crippen LogP contribution in [0.15, 0.2) is 23.0 Å². The van der Waals surface area contributed by atoms with Gasteiger partial charge in [-0.3, -0.25) is 4.79 Å². The minimum absolute atomic E-state index is 0. The van der Waals surface area contributed by atoms with Crippen molar-refractivity contribution in [1.29, 1.82) is 0 Å². The van der Waals surface area contributed by atoms with Crippen LogP contribution in [-0.2, 0) is 0 Å². The van der Waals surface area contributed by atoms with Gasteiger partial charge in [0.1, 0.15) is 6.26 Å². The van der Waals surface area contributed by atoms with E-state index in [-0.39, 0.29) is 24.4 Å². The highest BCUT2D eigenvalue weighted by Gasteiger charge is 2.08. The van der Waals surface area contributed by atoms with E-state index in [0.29, 0.717) is 12.1 Å². The van der Waals surface area contributed by atoms with E-state index in [1.54, 1.807) is 6.07 Å². The van der Waals surface area contributed by atoms with Crippen LogP contribution in [0.3, 0.4) is 0 Å². The van der Waals surface area contributed by atoms with Crippen molar-refractivity contribution in [3.8, 4) is 0 Å². The van der Waals surface area contributed by atoms with Crippen molar-refractivity contribution in [1.82, 2.24) is 5.32 Å². The Balaban J connectivity index is 0.00000144. The van der Waals surface area contributed by atoms with Gasteiger partial charge in [-0.1, -0.05) is 0 Å². The summed E-state index contributed by atoms with van der Waals surface area (Å²) in [6.07, 6.45) is 2.86. The standard InChI is InChI=1S/C8H12N2O2.ClH/c1-6(4-9)10-8(11)7-2-3-12-5-7;/h2-3,5-6H,4,9H2,1H3,(H,10,11);1H/t6-;/m0./s1. The van der Waals surface area contributed by atoms with E-state index in [2.05, 4.69) is 5.32 Å². The number of furan rings is 1. The number of hydrogen-bond donors (Lipinski definition) is 2. The Morgan fingerprint density at radius 1 is 1.77 bits per heavy atom. The lowest BCUT2D eigenvalue weighted by atomic mass is 10.3. The molecule has 0 saturated heterocycles. The zero-order valence-corrected chi connectivity index (χ0v) is 8.14. The second-order valence-corrected chi connectivity index (χ2v) is 2.62. The lowest BCUT2D eigenvalue weighted by molar-refractivity contribution is 0.0940. The fraction of sp³-hybridized carbons (Fsp3) is 0.375. The SMILES string of the molecule is C[C@@H](CN)NC(=O)c1ccoc1.Cl. The average molecular weight is 205 g/mol. The molecule has 1 rings (SSSR count). The first-order valence-corrected chi connectivity index (χ1v) is 3.77. The first kappa shape index (κ1) is 12.0. The molecule has 1 aromatic rings. The van der Waals surface area contributed by atoms with Gasteiger partial charge in [-0.25, -0.2) is 0 Å². The zero-order chi connectivity index (χ0) is 8.97. The molecule has 5 heteroatoms. The zero-order valence-electron chi connectivity index (χ0n) is 7.32. The van der Waals surface area contributed by atoms with Gasteiger partial charge in [-0.2, -0.15) is 0 Å². The van der Waals surface area contributed by atoms with Crippen molar-refractivity contribution in [2.45, 2.75) is 13.0 Å². The largest absolute Gasteiger partial charge is 0.472 e. The number of carbonyl (C=O) groups is 1. The van der Waals surface area contributed by atoms with E-state index in [9.17, 15) is 4.79 Å². The summed E-state index contributed by atoms with van der Waals surface area (Å²) < 4.78 is 4.76. The van der Waals surface area contributed by atoms with Crippen LogP contribution in [0.2, 0.25) is 0 Å². The number of amides is 1. The Kier molecular flexibility index (Phi) is 5.18. The van der Waals surface area contributed by atoms with E-state index in [1.165, 1.54) is 12.5 Å². The normalized spacial score (nSPS) is 11.5. The quantitative estimate of drug-likeness (QED) is 0.765. The first-order valence-electron chi connectivity index (χ1n) is 3.77. The lowest BCUT2D eigenvalue weighted by Gasteiger charge is -2.09. The third-order valence-electron chi connectivity index (χ3n) is 1.51. The third kappa shape index (κ3) is 3.48. The third-order valence-corrected chi connectivity index (χ3v) is 1.51. The van der Waals surface area contributed by atoms with Crippen molar-refractivity contribution in [3.63, 3.8) is 0 Å². The summed E-state index contributed by atoms with van der Waals surface area (Å²) in [4.78, 5) is 11.2. The molecule has 0 unspecified atom stereocenters. The van der Waals surface area contributed by atoms with Gasteiger partial charge in [0.2, 0.25) is 0 Å². The number of rotatable bonds is 3. The Bertz CT molecular complexity index is 249. The second kappa shape index (κ2) is 5.61. The molecule has 0 aliphatic heterocycles. The Hall–Kier alpha value is -1.00. The van der Waals surface area contributed by atoms with E-state index in [4.69, 9.17) is 10.2 Å². The van der Waals surface area contributed by atoms with Crippen molar-refractivity contribution >= 4 is 18.3 Å². The van der Waals surface area contributed by atoms with Crippen LogP contribution in [0, 0.1) is 0 Å². The van der Waals surface area contributed by atoms with Gasteiger partial charge in [0.25, 0.3) is 5.91 Å². The molecular weight excluding hydrogens is 192 g/mol. The van der Waals surface area contributed by atoms with Crippen molar-refractivity contribution in [2.24, 2.45) is 5.73 Å². The molecule has 0 aliphatic carbocycles. The van der Waals surface area contributed by atoms with Crippen molar-refractivity contribution < 1.29 is 9.21 Å². The minimum atomic E-state index is -0.151. The van der Waals surface area contributed by atoms with Gasteiger partial charge in [-0.05, 0) is 13.0 Å². The van der Waals surface area contributed by atoms with E-state index < -0.39 is 0 Å². The molecule has 4 nitrogen and oxygen atoms in total. The topological polar surface area (TPSA) is 68.3 Å². The molecule has 1 atom stereocenters. The summed E-state index contributed by atoms with van der Waals surface area (Å²) in [5, 5.41) is 2.71. The summed E-state index contributed by atoms with van der Waals surface area (Å²) in [6.45, 7) is 2.28. The minimum Gasteiger partial charge on any atom is -0.472 e. The van der Waals surface area contributed by atoms with E-state index >= 15 is 0 Å².